The average molecular weight is 538 g/mol. The van der Waals surface area contributed by atoms with Crippen molar-refractivity contribution < 1.29 is 9.59 Å². The SMILES string of the molecule is CC1C=C(C(=O)N(N)c2nc3cccc(Cl)c3n2[C@@H]2CCCCN(C(=O)/C=C/CN3CCCC3)C2)C=CN1. The van der Waals surface area contributed by atoms with E-state index in [4.69, 9.17) is 22.4 Å². The normalized spacial score (nSPS) is 22.5. The number of hydrazine groups is 1. The summed E-state index contributed by atoms with van der Waals surface area (Å²) in [5.41, 5.74) is 1.87. The highest BCUT2D eigenvalue weighted by atomic mass is 35.5. The fraction of sp³-hybridized carbons (Fsp3) is 0.464. The van der Waals surface area contributed by atoms with Gasteiger partial charge in [0, 0.05) is 37.3 Å². The highest BCUT2D eigenvalue weighted by Gasteiger charge is 2.30. The summed E-state index contributed by atoms with van der Waals surface area (Å²) in [5, 5.41) is 4.78. The molecule has 38 heavy (non-hydrogen) atoms. The summed E-state index contributed by atoms with van der Waals surface area (Å²) in [4.78, 5) is 35.6. The van der Waals surface area contributed by atoms with Crippen LogP contribution in [0.15, 0.2) is 54.3 Å². The molecule has 2 atom stereocenters. The summed E-state index contributed by atoms with van der Waals surface area (Å²) in [5.74, 6) is 6.44. The number of benzene rings is 1. The molecule has 4 heterocycles. The van der Waals surface area contributed by atoms with Crippen LogP contribution in [0.2, 0.25) is 5.02 Å². The summed E-state index contributed by atoms with van der Waals surface area (Å²) in [6, 6.07) is 5.40. The maximum Gasteiger partial charge on any atom is 0.274 e. The molecule has 0 spiro atoms. The first-order valence-corrected chi connectivity index (χ1v) is 13.9. The predicted octanol–water partition coefficient (Wildman–Crippen LogP) is 3.53. The van der Waals surface area contributed by atoms with Crippen LogP contribution in [0.1, 0.15) is 45.1 Å². The second-order valence-corrected chi connectivity index (χ2v) is 10.7. The third kappa shape index (κ3) is 5.65. The molecule has 2 saturated heterocycles. The molecule has 5 rings (SSSR count). The number of rotatable bonds is 6. The van der Waals surface area contributed by atoms with E-state index in [0.717, 1.165) is 49.4 Å². The van der Waals surface area contributed by atoms with Gasteiger partial charge in [0.25, 0.3) is 5.91 Å². The lowest BCUT2D eigenvalue weighted by molar-refractivity contribution is -0.126. The lowest BCUT2D eigenvalue weighted by Gasteiger charge is -2.28. The lowest BCUT2D eigenvalue weighted by atomic mass is 10.1. The van der Waals surface area contributed by atoms with Gasteiger partial charge in [-0.05, 0) is 82.6 Å². The van der Waals surface area contributed by atoms with E-state index in [9.17, 15) is 9.59 Å². The summed E-state index contributed by atoms with van der Waals surface area (Å²) in [7, 11) is 0. The van der Waals surface area contributed by atoms with Gasteiger partial charge in [0.1, 0.15) is 0 Å². The van der Waals surface area contributed by atoms with Crippen molar-refractivity contribution in [2.75, 3.05) is 37.7 Å². The molecule has 1 unspecified atom stereocenters. The maximum atomic E-state index is 13.4. The van der Waals surface area contributed by atoms with Crippen molar-refractivity contribution in [2.24, 2.45) is 5.84 Å². The number of hydrogen-bond acceptors (Lipinski definition) is 6. The average Bonchev–Trinajstić information content (AvgIpc) is 3.50. The van der Waals surface area contributed by atoms with Crippen molar-refractivity contribution in [2.45, 2.75) is 51.1 Å². The molecule has 9 nitrogen and oxygen atoms in total. The smallest absolute Gasteiger partial charge is 0.274 e. The van der Waals surface area contributed by atoms with Crippen LogP contribution in [-0.4, -0.2) is 69.9 Å². The Bertz CT molecular complexity index is 1280. The van der Waals surface area contributed by atoms with Gasteiger partial charge in [0.05, 0.1) is 22.1 Å². The molecule has 1 aromatic carbocycles. The van der Waals surface area contributed by atoms with Crippen LogP contribution < -0.4 is 16.2 Å². The molecule has 0 radical (unpaired) electrons. The molecule has 3 aliphatic rings. The Morgan fingerprint density at radius 3 is 2.79 bits per heavy atom. The number of aromatic nitrogens is 2. The third-order valence-electron chi connectivity index (χ3n) is 7.52. The van der Waals surface area contributed by atoms with Crippen LogP contribution in [0.5, 0.6) is 0 Å². The summed E-state index contributed by atoms with van der Waals surface area (Å²) in [6.07, 6.45) is 14.1. The van der Waals surface area contributed by atoms with Crippen LogP contribution >= 0.6 is 11.6 Å². The van der Waals surface area contributed by atoms with E-state index in [1.54, 1.807) is 18.4 Å². The fourth-order valence-electron chi connectivity index (χ4n) is 5.55. The number of para-hydroxylation sites is 1. The first kappa shape index (κ1) is 26.5. The minimum atomic E-state index is -0.353. The number of nitrogens with one attached hydrogen (secondary N) is 1. The van der Waals surface area contributed by atoms with Gasteiger partial charge in [-0.2, -0.15) is 0 Å². The number of imidazole rings is 1. The van der Waals surface area contributed by atoms with Crippen molar-refractivity contribution in [3.05, 3.63) is 59.3 Å². The Kier molecular flexibility index (Phi) is 8.16. The van der Waals surface area contributed by atoms with Crippen molar-refractivity contribution in [1.29, 1.82) is 0 Å². The molecule has 0 saturated carbocycles. The second-order valence-electron chi connectivity index (χ2n) is 10.3. The molecule has 2 fully saturated rings. The van der Waals surface area contributed by atoms with Crippen LogP contribution in [0.4, 0.5) is 5.95 Å². The Labute approximate surface area is 228 Å². The van der Waals surface area contributed by atoms with Gasteiger partial charge in [0.2, 0.25) is 11.9 Å². The number of fused-ring (bicyclic) bond motifs is 1. The number of dihydropyridines is 1. The van der Waals surface area contributed by atoms with Gasteiger partial charge in [-0.15, -0.1) is 0 Å². The molecular formula is C28H36ClN7O2. The number of likely N-dealkylation sites (tertiary alicyclic amines) is 2. The standard InChI is InChI=1S/C28H36ClN7O2/c1-20-18-21(12-13-31-20)27(38)36(30)28-32-24-10-6-9-23(29)26(24)35(28)22-8-2-3-17-34(19-22)25(37)11-7-16-33-14-4-5-15-33/h6-7,9-13,18,20,22,31H,2-5,8,14-17,19,30H2,1H3/b11-7+/t20?,22-/m1/s1. The molecule has 3 N–H and O–H groups in total. The lowest BCUT2D eigenvalue weighted by Crippen LogP contribution is -2.42. The molecule has 3 aliphatic heterocycles. The van der Waals surface area contributed by atoms with E-state index < -0.39 is 0 Å². The molecule has 1 aromatic heterocycles. The summed E-state index contributed by atoms with van der Waals surface area (Å²) >= 11 is 6.68. The molecular weight excluding hydrogens is 502 g/mol. The van der Waals surface area contributed by atoms with E-state index in [1.165, 1.54) is 12.8 Å². The predicted molar refractivity (Wildman–Crippen MR) is 151 cm³/mol. The Morgan fingerprint density at radius 2 is 2.00 bits per heavy atom. The molecule has 0 aliphatic carbocycles. The minimum absolute atomic E-state index is 0.00725. The van der Waals surface area contributed by atoms with Gasteiger partial charge in [-0.1, -0.05) is 23.7 Å². The fourth-order valence-corrected chi connectivity index (χ4v) is 5.81. The summed E-state index contributed by atoms with van der Waals surface area (Å²) in [6.45, 7) is 6.13. The van der Waals surface area contributed by atoms with E-state index in [-0.39, 0.29) is 23.9 Å². The number of carbonyl (C=O) groups is 2. The Balaban J connectivity index is 1.44. The Hall–Kier alpha value is -3.14. The summed E-state index contributed by atoms with van der Waals surface area (Å²) < 4.78 is 1.96. The molecule has 10 heteroatoms. The Morgan fingerprint density at radius 1 is 1.21 bits per heavy atom. The van der Waals surface area contributed by atoms with Crippen molar-refractivity contribution in [3.8, 4) is 0 Å². The highest BCUT2D eigenvalue weighted by Crippen LogP contribution is 2.35. The van der Waals surface area contributed by atoms with Gasteiger partial charge >= 0.3 is 0 Å². The number of halogens is 1. The van der Waals surface area contributed by atoms with Crippen molar-refractivity contribution in [3.63, 3.8) is 0 Å². The van der Waals surface area contributed by atoms with Gasteiger partial charge in [-0.3, -0.25) is 14.5 Å². The first-order chi connectivity index (χ1) is 18.4. The molecule has 2 aromatic rings. The number of carbonyl (C=O) groups excluding carboxylic acids is 2. The van der Waals surface area contributed by atoms with E-state index >= 15 is 0 Å². The molecule has 202 valence electrons. The number of nitrogens with two attached hydrogens (primary N) is 1. The largest absolute Gasteiger partial charge is 0.385 e. The number of amides is 2. The zero-order valence-corrected chi connectivity index (χ0v) is 22.6. The zero-order valence-electron chi connectivity index (χ0n) is 21.9. The third-order valence-corrected chi connectivity index (χ3v) is 7.83. The second kappa shape index (κ2) is 11.7. The topological polar surface area (TPSA) is 99.7 Å². The monoisotopic (exact) mass is 537 g/mol. The maximum absolute atomic E-state index is 13.4. The van der Waals surface area contributed by atoms with Crippen LogP contribution in [0, 0.1) is 0 Å². The van der Waals surface area contributed by atoms with Crippen molar-refractivity contribution in [1.82, 2.24) is 24.7 Å². The molecule has 0 bridgehead atoms. The quantitative estimate of drug-likeness (QED) is 0.253. The van der Waals surface area contributed by atoms with E-state index in [1.807, 2.05) is 46.7 Å². The van der Waals surface area contributed by atoms with Crippen molar-refractivity contribution >= 4 is 40.4 Å². The highest BCUT2D eigenvalue weighted by molar-refractivity contribution is 6.35. The van der Waals surface area contributed by atoms with Gasteiger partial charge in [0.15, 0.2) is 0 Å². The van der Waals surface area contributed by atoms with Gasteiger partial charge in [-0.25, -0.2) is 15.8 Å². The van der Waals surface area contributed by atoms with Gasteiger partial charge < -0.3 is 14.8 Å². The molecule has 2 amide bonds. The van der Waals surface area contributed by atoms with E-state index in [0.29, 0.717) is 35.2 Å². The first-order valence-electron chi connectivity index (χ1n) is 13.5. The number of anilines is 1. The minimum Gasteiger partial charge on any atom is -0.385 e. The number of nitrogens with zero attached hydrogens (tertiary/aromatic N) is 5. The van der Waals surface area contributed by atoms with Crippen LogP contribution in [0.25, 0.3) is 11.0 Å². The van der Waals surface area contributed by atoms with Crippen LogP contribution in [0.3, 0.4) is 0 Å². The zero-order chi connectivity index (χ0) is 26.6. The van der Waals surface area contributed by atoms with Crippen LogP contribution in [-0.2, 0) is 9.59 Å². The van der Waals surface area contributed by atoms with E-state index in [2.05, 4.69) is 10.2 Å². The number of hydrogen-bond donors (Lipinski definition) is 2.